The molecule has 1 N–H and O–H groups in total. The number of aromatic nitrogens is 4. The maximum absolute atomic E-state index is 5.57. The van der Waals surface area contributed by atoms with Crippen LogP contribution < -0.4 is 10.1 Å². The van der Waals surface area contributed by atoms with Crippen molar-refractivity contribution in [3.05, 3.63) is 66.6 Å². The number of pyridine rings is 1. The first-order valence-corrected chi connectivity index (χ1v) is 8.04. The quantitative estimate of drug-likeness (QED) is 0.615. The molecule has 0 saturated carbocycles. The van der Waals surface area contributed by atoms with E-state index in [2.05, 4.69) is 15.3 Å². The molecule has 0 saturated heterocycles. The van der Waals surface area contributed by atoms with Crippen molar-refractivity contribution in [2.24, 2.45) is 0 Å². The van der Waals surface area contributed by atoms with Gasteiger partial charge in [0.1, 0.15) is 5.75 Å². The van der Waals surface area contributed by atoms with Gasteiger partial charge in [-0.3, -0.25) is 0 Å². The number of ether oxygens (including phenoxy) is 1. The minimum atomic E-state index is 0.772. The number of benzene rings is 1. The second kappa shape index (κ2) is 5.98. The molecule has 3 aromatic heterocycles. The van der Waals surface area contributed by atoms with Crippen LogP contribution in [-0.4, -0.2) is 26.0 Å². The monoisotopic (exact) mass is 333 g/mol. The molecule has 6 heteroatoms. The van der Waals surface area contributed by atoms with Crippen molar-refractivity contribution in [1.82, 2.24) is 18.9 Å². The highest BCUT2D eigenvalue weighted by atomic mass is 16.5. The average molecular weight is 333 g/mol. The summed E-state index contributed by atoms with van der Waals surface area (Å²) in [5.41, 5.74) is 5.68. The Morgan fingerprint density at radius 2 is 1.96 bits per heavy atom. The van der Waals surface area contributed by atoms with E-state index in [4.69, 9.17) is 4.74 Å². The van der Waals surface area contributed by atoms with Crippen molar-refractivity contribution in [3.63, 3.8) is 0 Å². The molecule has 6 nitrogen and oxygen atoms in total. The van der Waals surface area contributed by atoms with Crippen molar-refractivity contribution in [2.45, 2.75) is 13.8 Å². The van der Waals surface area contributed by atoms with E-state index in [0.29, 0.717) is 0 Å². The Kier molecular flexibility index (Phi) is 3.65. The molecule has 0 aliphatic carbocycles. The smallest absolute Gasteiger partial charge is 0.160 e. The van der Waals surface area contributed by atoms with Crippen LogP contribution >= 0.6 is 0 Å². The minimum absolute atomic E-state index is 0.772. The van der Waals surface area contributed by atoms with E-state index in [0.717, 1.165) is 39.8 Å². The molecule has 0 bridgehead atoms. The fraction of sp³-hybridized carbons (Fsp3) is 0.158. The fourth-order valence-corrected chi connectivity index (χ4v) is 2.91. The Balaban J connectivity index is 1.71. The number of aryl methyl sites for hydroxylation is 2. The summed E-state index contributed by atoms with van der Waals surface area (Å²) in [7, 11) is 1.67. The lowest BCUT2D eigenvalue weighted by Gasteiger charge is -2.13. The SMILES string of the molecule is COc1cc(Nc2cccn3cc(C)nc23)ccc1-n1cnc(C)c1. The van der Waals surface area contributed by atoms with Crippen molar-refractivity contribution in [2.75, 3.05) is 12.4 Å². The number of fused-ring (bicyclic) bond motifs is 1. The molecular weight excluding hydrogens is 314 g/mol. The zero-order chi connectivity index (χ0) is 17.4. The van der Waals surface area contributed by atoms with Crippen molar-refractivity contribution >= 4 is 17.0 Å². The maximum atomic E-state index is 5.57. The summed E-state index contributed by atoms with van der Waals surface area (Å²) in [6.07, 6.45) is 7.75. The highest BCUT2D eigenvalue weighted by Gasteiger charge is 2.09. The summed E-state index contributed by atoms with van der Waals surface area (Å²) in [5.74, 6) is 0.772. The number of nitrogens with zero attached hydrogens (tertiary/aromatic N) is 4. The number of methoxy groups -OCH3 is 1. The summed E-state index contributed by atoms with van der Waals surface area (Å²) < 4.78 is 9.54. The molecule has 0 amide bonds. The van der Waals surface area contributed by atoms with Gasteiger partial charge in [0.25, 0.3) is 0 Å². The zero-order valence-corrected chi connectivity index (χ0v) is 14.4. The van der Waals surface area contributed by atoms with Gasteiger partial charge in [0.05, 0.1) is 36.2 Å². The number of imidazole rings is 2. The molecule has 3 heterocycles. The van der Waals surface area contributed by atoms with Crippen molar-refractivity contribution < 1.29 is 4.74 Å². The first-order valence-electron chi connectivity index (χ1n) is 8.04. The third-order valence-electron chi connectivity index (χ3n) is 4.05. The largest absolute Gasteiger partial charge is 0.494 e. The highest BCUT2D eigenvalue weighted by Crippen LogP contribution is 2.29. The predicted molar refractivity (Wildman–Crippen MR) is 98.1 cm³/mol. The fourth-order valence-electron chi connectivity index (χ4n) is 2.91. The topological polar surface area (TPSA) is 56.4 Å². The Labute approximate surface area is 145 Å². The van der Waals surface area contributed by atoms with Crippen LogP contribution in [0.25, 0.3) is 11.3 Å². The molecule has 0 radical (unpaired) electrons. The summed E-state index contributed by atoms with van der Waals surface area (Å²) in [6, 6.07) is 10.0. The van der Waals surface area contributed by atoms with Gasteiger partial charge in [0.15, 0.2) is 5.65 Å². The first kappa shape index (κ1) is 15.3. The third kappa shape index (κ3) is 2.82. The van der Waals surface area contributed by atoms with Crippen LogP contribution in [0, 0.1) is 13.8 Å². The van der Waals surface area contributed by atoms with E-state index < -0.39 is 0 Å². The second-order valence-corrected chi connectivity index (χ2v) is 5.97. The number of rotatable bonds is 4. The van der Waals surface area contributed by atoms with E-state index in [-0.39, 0.29) is 0 Å². The zero-order valence-electron chi connectivity index (χ0n) is 14.4. The molecule has 1 aromatic carbocycles. The van der Waals surface area contributed by atoms with E-state index in [9.17, 15) is 0 Å². The average Bonchev–Trinajstić information content (AvgIpc) is 3.20. The molecule has 4 rings (SSSR count). The Morgan fingerprint density at radius 1 is 1.08 bits per heavy atom. The van der Waals surface area contributed by atoms with Crippen LogP contribution in [0.1, 0.15) is 11.4 Å². The second-order valence-electron chi connectivity index (χ2n) is 5.97. The Morgan fingerprint density at radius 3 is 2.72 bits per heavy atom. The predicted octanol–water partition coefficient (Wildman–Crippen LogP) is 3.89. The van der Waals surface area contributed by atoms with Crippen LogP contribution in [0.15, 0.2) is 55.2 Å². The highest BCUT2D eigenvalue weighted by molar-refractivity contribution is 5.75. The van der Waals surface area contributed by atoms with Crippen LogP contribution in [-0.2, 0) is 0 Å². The van der Waals surface area contributed by atoms with Gasteiger partial charge in [0.2, 0.25) is 0 Å². The maximum Gasteiger partial charge on any atom is 0.160 e. The van der Waals surface area contributed by atoms with Gasteiger partial charge in [-0.05, 0) is 38.1 Å². The van der Waals surface area contributed by atoms with Gasteiger partial charge in [-0.15, -0.1) is 0 Å². The Hall–Kier alpha value is -3.28. The van der Waals surface area contributed by atoms with E-state index in [1.54, 1.807) is 13.4 Å². The molecule has 0 aliphatic heterocycles. The molecule has 0 unspecified atom stereocenters. The van der Waals surface area contributed by atoms with Crippen molar-refractivity contribution in [3.8, 4) is 11.4 Å². The minimum Gasteiger partial charge on any atom is -0.494 e. The third-order valence-corrected chi connectivity index (χ3v) is 4.05. The van der Waals surface area contributed by atoms with Crippen LogP contribution in [0.2, 0.25) is 0 Å². The lowest BCUT2D eigenvalue weighted by atomic mass is 10.2. The van der Waals surface area contributed by atoms with Gasteiger partial charge < -0.3 is 19.0 Å². The van der Waals surface area contributed by atoms with Gasteiger partial charge in [-0.2, -0.15) is 0 Å². The van der Waals surface area contributed by atoms with Crippen LogP contribution in [0.5, 0.6) is 5.75 Å². The molecule has 0 atom stereocenters. The normalized spacial score (nSPS) is 11.0. The number of nitrogens with one attached hydrogen (secondary N) is 1. The molecule has 0 spiro atoms. The van der Waals surface area contributed by atoms with Gasteiger partial charge in [-0.1, -0.05) is 0 Å². The molecule has 4 aromatic rings. The molecule has 0 aliphatic rings. The summed E-state index contributed by atoms with van der Waals surface area (Å²) in [6.45, 7) is 3.95. The number of anilines is 2. The van der Waals surface area contributed by atoms with Crippen molar-refractivity contribution in [1.29, 1.82) is 0 Å². The number of hydrogen-bond acceptors (Lipinski definition) is 4. The van der Waals surface area contributed by atoms with Gasteiger partial charge in [-0.25, -0.2) is 9.97 Å². The lowest BCUT2D eigenvalue weighted by Crippen LogP contribution is -1.99. The molecule has 126 valence electrons. The van der Waals surface area contributed by atoms with Gasteiger partial charge >= 0.3 is 0 Å². The van der Waals surface area contributed by atoms with Crippen LogP contribution in [0.3, 0.4) is 0 Å². The summed E-state index contributed by atoms with van der Waals surface area (Å²) >= 11 is 0. The van der Waals surface area contributed by atoms with Gasteiger partial charge in [0, 0.05) is 30.3 Å². The number of hydrogen-bond donors (Lipinski definition) is 1. The lowest BCUT2D eigenvalue weighted by molar-refractivity contribution is 0.413. The van der Waals surface area contributed by atoms with E-state index in [1.807, 2.05) is 71.7 Å². The first-order chi connectivity index (χ1) is 12.1. The molecule has 25 heavy (non-hydrogen) atoms. The molecular formula is C19H19N5O. The summed E-state index contributed by atoms with van der Waals surface area (Å²) in [5, 5.41) is 3.43. The Bertz CT molecular complexity index is 1050. The summed E-state index contributed by atoms with van der Waals surface area (Å²) in [4.78, 5) is 8.85. The standard InChI is InChI=1S/C19H19N5O/c1-13-10-24(12-20-13)17-7-6-15(9-18(17)25-3)22-16-5-4-8-23-11-14(2)21-19(16)23/h4-12,22H,1-3H3. The van der Waals surface area contributed by atoms with E-state index >= 15 is 0 Å². The van der Waals surface area contributed by atoms with Crippen LogP contribution in [0.4, 0.5) is 11.4 Å². The van der Waals surface area contributed by atoms with E-state index in [1.165, 1.54) is 0 Å². The molecule has 0 fully saturated rings.